The highest BCUT2D eigenvalue weighted by Gasteiger charge is 2.41. The van der Waals surface area contributed by atoms with Crippen molar-refractivity contribution in [2.45, 2.75) is 6.04 Å². The number of amides is 1. The van der Waals surface area contributed by atoms with Crippen molar-refractivity contribution in [3.8, 4) is 0 Å². The Bertz CT molecular complexity index is 530. The molecule has 0 atom stereocenters. The fourth-order valence-electron chi connectivity index (χ4n) is 3.86. The molecule has 0 saturated carbocycles. The predicted molar refractivity (Wildman–Crippen MR) is 89.7 cm³/mol. The number of nitrogens with zero attached hydrogens (tertiary/aromatic N) is 2. The number of nitrogens with one attached hydrogen (secondary N) is 1. The molecule has 2 saturated heterocycles. The highest BCUT2D eigenvalue weighted by atomic mass is 35.5. The quantitative estimate of drug-likeness (QED) is 0.895. The highest BCUT2D eigenvalue weighted by Crippen LogP contribution is 2.28. The zero-order valence-electron chi connectivity index (χ0n) is 12.9. The molecule has 1 aromatic carbocycles. The molecule has 1 amide bonds. The number of fused-ring (bicyclic) bond motifs is 2. The summed E-state index contributed by atoms with van der Waals surface area (Å²) in [5.74, 6) is 0.834. The van der Waals surface area contributed by atoms with Crippen LogP contribution in [0.25, 0.3) is 0 Å². The molecule has 0 radical (unpaired) electrons. The highest BCUT2D eigenvalue weighted by molar-refractivity contribution is 6.35. The molecule has 0 unspecified atom stereocenters. The average molecular weight is 342 g/mol. The third-order valence-corrected chi connectivity index (χ3v) is 5.06. The lowest BCUT2D eigenvalue weighted by Gasteiger charge is -2.49. The van der Waals surface area contributed by atoms with Crippen LogP contribution in [0.4, 0.5) is 0 Å². The van der Waals surface area contributed by atoms with Gasteiger partial charge >= 0.3 is 0 Å². The normalized spacial score (nSPS) is 29.4. The van der Waals surface area contributed by atoms with Crippen LogP contribution in [0.1, 0.15) is 10.4 Å². The molecule has 120 valence electrons. The van der Waals surface area contributed by atoms with Crippen molar-refractivity contribution in [2.75, 3.05) is 40.3 Å². The third-order valence-electron chi connectivity index (χ3n) is 4.62. The summed E-state index contributed by atoms with van der Waals surface area (Å²) in [6.45, 7) is 4.06. The Labute approximate surface area is 141 Å². The topological polar surface area (TPSA) is 35.6 Å². The summed E-state index contributed by atoms with van der Waals surface area (Å²) in [4.78, 5) is 17.3. The zero-order valence-corrected chi connectivity index (χ0v) is 14.4. The van der Waals surface area contributed by atoms with Gasteiger partial charge in [-0.2, -0.15) is 0 Å². The van der Waals surface area contributed by atoms with E-state index < -0.39 is 0 Å². The number of hydrogen-bond acceptors (Lipinski definition) is 3. The molecule has 4 nitrogen and oxygen atoms in total. The molecule has 0 aliphatic carbocycles. The first kappa shape index (κ1) is 16.1. The summed E-state index contributed by atoms with van der Waals surface area (Å²) in [6, 6.07) is 5.19. The lowest BCUT2D eigenvalue weighted by molar-refractivity contribution is 0.0203. The largest absolute Gasteiger partial charge is 0.349 e. The van der Waals surface area contributed by atoms with Crippen molar-refractivity contribution in [1.82, 2.24) is 15.1 Å². The van der Waals surface area contributed by atoms with E-state index in [1.165, 1.54) is 0 Å². The number of piperidine rings is 2. The van der Waals surface area contributed by atoms with Crippen LogP contribution in [0.15, 0.2) is 18.2 Å². The van der Waals surface area contributed by atoms with E-state index in [4.69, 9.17) is 23.2 Å². The van der Waals surface area contributed by atoms with Crippen LogP contribution in [-0.2, 0) is 0 Å². The maximum Gasteiger partial charge on any atom is 0.251 e. The SMILES string of the molecule is CN1CC2CN(C)CC(C1)C2NC(=O)c1cc(Cl)cc(Cl)c1. The molecule has 22 heavy (non-hydrogen) atoms. The number of carbonyl (C=O) groups is 1. The summed E-state index contributed by atoms with van der Waals surface area (Å²) >= 11 is 12.0. The van der Waals surface area contributed by atoms with Crippen molar-refractivity contribution in [2.24, 2.45) is 11.8 Å². The molecule has 2 aliphatic rings. The molecular formula is C16H21Cl2N3O. The summed E-state index contributed by atoms with van der Waals surface area (Å²) in [6.07, 6.45) is 0. The van der Waals surface area contributed by atoms with Crippen LogP contribution < -0.4 is 5.32 Å². The van der Waals surface area contributed by atoms with Gasteiger partial charge in [0.15, 0.2) is 0 Å². The van der Waals surface area contributed by atoms with Crippen LogP contribution in [0, 0.1) is 11.8 Å². The van der Waals surface area contributed by atoms with Crippen LogP contribution in [0.5, 0.6) is 0 Å². The molecule has 2 bridgehead atoms. The van der Waals surface area contributed by atoms with Crippen molar-refractivity contribution in [3.05, 3.63) is 33.8 Å². The molecule has 0 aromatic heterocycles. The van der Waals surface area contributed by atoms with E-state index in [2.05, 4.69) is 29.2 Å². The lowest BCUT2D eigenvalue weighted by atomic mass is 9.79. The van der Waals surface area contributed by atoms with Gasteiger partial charge in [0, 0.05) is 59.7 Å². The van der Waals surface area contributed by atoms with Gasteiger partial charge in [-0.25, -0.2) is 0 Å². The van der Waals surface area contributed by atoms with Gasteiger partial charge in [0.1, 0.15) is 0 Å². The Morgan fingerprint density at radius 2 is 1.45 bits per heavy atom. The van der Waals surface area contributed by atoms with Gasteiger partial charge in [-0.3, -0.25) is 4.79 Å². The van der Waals surface area contributed by atoms with E-state index in [-0.39, 0.29) is 11.9 Å². The Kier molecular flexibility index (Phi) is 4.64. The Morgan fingerprint density at radius 3 is 1.91 bits per heavy atom. The monoisotopic (exact) mass is 341 g/mol. The molecule has 2 heterocycles. The van der Waals surface area contributed by atoms with E-state index in [1.807, 2.05) is 0 Å². The van der Waals surface area contributed by atoms with Gasteiger partial charge in [0.05, 0.1) is 0 Å². The summed E-state index contributed by atoms with van der Waals surface area (Å²) < 4.78 is 0. The zero-order chi connectivity index (χ0) is 15.9. The molecule has 1 aromatic rings. The van der Waals surface area contributed by atoms with E-state index in [0.29, 0.717) is 27.4 Å². The first-order chi connectivity index (χ1) is 10.4. The van der Waals surface area contributed by atoms with E-state index in [9.17, 15) is 4.79 Å². The molecule has 2 fully saturated rings. The van der Waals surface area contributed by atoms with Crippen molar-refractivity contribution < 1.29 is 4.79 Å². The summed E-state index contributed by atoms with van der Waals surface area (Å²) in [5, 5.41) is 4.20. The fraction of sp³-hybridized carbons (Fsp3) is 0.562. The maximum atomic E-state index is 12.6. The molecule has 6 heteroatoms. The number of rotatable bonds is 2. The van der Waals surface area contributed by atoms with Gasteiger partial charge in [0.25, 0.3) is 5.91 Å². The Balaban J connectivity index is 1.76. The van der Waals surface area contributed by atoms with Gasteiger partial charge in [-0.05, 0) is 32.3 Å². The van der Waals surface area contributed by atoms with Crippen LogP contribution in [0.3, 0.4) is 0 Å². The van der Waals surface area contributed by atoms with Crippen molar-refractivity contribution in [1.29, 1.82) is 0 Å². The van der Waals surface area contributed by atoms with Gasteiger partial charge in [-0.1, -0.05) is 23.2 Å². The predicted octanol–water partition coefficient (Wildman–Crippen LogP) is 2.21. The molecule has 0 spiro atoms. The van der Waals surface area contributed by atoms with Crippen LogP contribution in [-0.4, -0.2) is 62.0 Å². The van der Waals surface area contributed by atoms with Crippen molar-refractivity contribution in [3.63, 3.8) is 0 Å². The second kappa shape index (κ2) is 6.36. The number of carbonyl (C=O) groups excluding carboxylic acids is 1. The Hall–Kier alpha value is -0.810. The smallest absolute Gasteiger partial charge is 0.251 e. The fourth-order valence-corrected chi connectivity index (χ4v) is 4.39. The average Bonchev–Trinajstić information content (AvgIpc) is 2.39. The minimum Gasteiger partial charge on any atom is -0.349 e. The third kappa shape index (κ3) is 3.40. The van der Waals surface area contributed by atoms with Gasteiger partial charge < -0.3 is 15.1 Å². The lowest BCUT2D eigenvalue weighted by Crippen LogP contribution is -2.63. The van der Waals surface area contributed by atoms with Gasteiger partial charge in [0.2, 0.25) is 0 Å². The van der Waals surface area contributed by atoms with Crippen LogP contribution in [0.2, 0.25) is 10.0 Å². The minimum atomic E-state index is -0.0847. The van der Waals surface area contributed by atoms with Crippen LogP contribution >= 0.6 is 23.2 Å². The summed E-state index contributed by atoms with van der Waals surface area (Å²) in [7, 11) is 4.31. The Morgan fingerprint density at radius 1 is 1.00 bits per heavy atom. The van der Waals surface area contributed by atoms with E-state index in [0.717, 1.165) is 26.2 Å². The maximum absolute atomic E-state index is 12.6. The minimum absolute atomic E-state index is 0.0847. The number of likely N-dealkylation sites (tertiary alicyclic amines) is 2. The van der Waals surface area contributed by atoms with E-state index >= 15 is 0 Å². The van der Waals surface area contributed by atoms with Gasteiger partial charge in [-0.15, -0.1) is 0 Å². The van der Waals surface area contributed by atoms with E-state index in [1.54, 1.807) is 18.2 Å². The second-order valence-corrected chi connectivity index (χ2v) is 7.49. The molecular weight excluding hydrogens is 321 g/mol. The standard InChI is InChI=1S/C16H21Cl2N3O/c1-20-6-11-8-21(2)9-12(7-20)15(11)19-16(22)10-3-13(17)5-14(18)4-10/h3-5,11-12,15H,6-9H2,1-2H3,(H,19,22). The molecule has 1 N–H and O–H groups in total. The van der Waals surface area contributed by atoms with Crippen molar-refractivity contribution >= 4 is 29.1 Å². The number of benzene rings is 1. The number of halogens is 2. The summed E-state index contributed by atoms with van der Waals surface area (Å²) in [5.41, 5.74) is 0.530. The first-order valence-electron chi connectivity index (χ1n) is 7.56. The molecule has 3 rings (SSSR count). The second-order valence-electron chi connectivity index (χ2n) is 6.62. The first-order valence-corrected chi connectivity index (χ1v) is 8.32. The molecule has 2 aliphatic heterocycles. The number of hydrogen-bond donors (Lipinski definition) is 1.